The highest BCUT2D eigenvalue weighted by atomic mass is 16.5. The number of hydrogen-bond donors (Lipinski definition) is 1. The summed E-state index contributed by atoms with van der Waals surface area (Å²) in [6, 6.07) is 12.6. The Morgan fingerprint density at radius 1 is 1.10 bits per heavy atom. The Morgan fingerprint density at radius 2 is 1.95 bits per heavy atom. The minimum absolute atomic E-state index is 0.566. The second-order valence-corrected chi connectivity index (χ2v) is 5.04. The largest absolute Gasteiger partial charge is 0.384 e. The SMILES string of the molecule is Nc1ccc(Cc2cccc(N3CCOCC3)c2)cn1. The molecule has 1 saturated heterocycles. The second-order valence-electron chi connectivity index (χ2n) is 5.04. The molecule has 0 radical (unpaired) electrons. The Kier molecular flexibility index (Phi) is 3.83. The van der Waals surface area contributed by atoms with Crippen molar-refractivity contribution >= 4 is 11.5 Å². The van der Waals surface area contributed by atoms with Gasteiger partial charge < -0.3 is 15.4 Å². The van der Waals surface area contributed by atoms with Crippen LogP contribution in [0.15, 0.2) is 42.6 Å². The van der Waals surface area contributed by atoms with Crippen LogP contribution in [0.3, 0.4) is 0 Å². The maximum absolute atomic E-state index is 5.61. The van der Waals surface area contributed by atoms with E-state index in [2.05, 4.69) is 34.1 Å². The van der Waals surface area contributed by atoms with Crippen molar-refractivity contribution < 1.29 is 4.74 Å². The summed E-state index contributed by atoms with van der Waals surface area (Å²) in [4.78, 5) is 6.51. The van der Waals surface area contributed by atoms with E-state index in [9.17, 15) is 0 Å². The van der Waals surface area contributed by atoms with E-state index in [4.69, 9.17) is 10.5 Å². The van der Waals surface area contributed by atoms with Gasteiger partial charge >= 0.3 is 0 Å². The van der Waals surface area contributed by atoms with Crippen molar-refractivity contribution in [3.8, 4) is 0 Å². The molecule has 1 aromatic heterocycles. The molecule has 0 bridgehead atoms. The number of hydrogen-bond acceptors (Lipinski definition) is 4. The summed E-state index contributed by atoms with van der Waals surface area (Å²) in [5, 5.41) is 0. The fourth-order valence-corrected chi connectivity index (χ4v) is 2.46. The van der Waals surface area contributed by atoms with Crippen LogP contribution in [0.1, 0.15) is 11.1 Å². The van der Waals surface area contributed by atoms with Gasteiger partial charge in [0.2, 0.25) is 0 Å². The lowest BCUT2D eigenvalue weighted by atomic mass is 10.1. The van der Waals surface area contributed by atoms with E-state index in [1.54, 1.807) is 0 Å². The van der Waals surface area contributed by atoms with Crippen molar-refractivity contribution in [3.63, 3.8) is 0 Å². The molecule has 1 aliphatic heterocycles. The third-order valence-corrected chi connectivity index (χ3v) is 3.54. The van der Waals surface area contributed by atoms with Crippen LogP contribution < -0.4 is 10.6 Å². The van der Waals surface area contributed by atoms with Gasteiger partial charge in [-0.25, -0.2) is 4.98 Å². The van der Waals surface area contributed by atoms with Crippen LogP contribution in [0.25, 0.3) is 0 Å². The molecule has 0 atom stereocenters. The molecule has 2 heterocycles. The second kappa shape index (κ2) is 5.92. The molecule has 20 heavy (non-hydrogen) atoms. The highest BCUT2D eigenvalue weighted by Gasteiger charge is 2.11. The molecule has 0 aliphatic carbocycles. The maximum atomic E-state index is 5.61. The Labute approximate surface area is 119 Å². The summed E-state index contributed by atoms with van der Waals surface area (Å²) in [6.45, 7) is 3.55. The molecule has 1 fully saturated rings. The summed E-state index contributed by atoms with van der Waals surface area (Å²) >= 11 is 0. The van der Waals surface area contributed by atoms with E-state index < -0.39 is 0 Å². The molecule has 3 rings (SSSR count). The van der Waals surface area contributed by atoms with Crippen LogP contribution in [-0.2, 0) is 11.2 Å². The molecule has 0 saturated carbocycles. The number of benzene rings is 1. The average Bonchev–Trinajstić information content (AvgIpc) is 2.51. The lowest BCUT2D eigenvalue weighted by Crippen LogP contribution is -2.36. The molecule has 4 nitrogen and oxygen atoms in total. The minimum Gasteiger partial charge on any atom is -0.384 e. The molecule has 2 aromatic rings. The number of nitrogens with two attached hydrogens (primary N) is 1. The Morgan fingerprint density at radius 3 is 2.70 bits per heavy atom. The zero-order valence-corrected chi connectivity index (χ0v) is 11.5. The van der Waals surface area contributed by atoms with Gasteiger partial charge in [-0.15, -0.1) is 0 Å². The molecule has 2 N–H and O–H groups in total. The molecule has 4 heteroatoms. The molecule has 0 unspecified atom stereocenters. The molecular formula is C16H19N3O. The van der Waals surface area contributed by atoms with E-state index in [-0.39, 0.29) is 0 Å². The first kappa shape index (κ1) is 12.9. The van der Waals surface area contributed by atoms with Crippen molar-refractivity contribution in [2.75, 3.05) is 36.9 Å². The summed E-state index contributed by atoms with van der Waals surface area (Å²) in [5.41, 5.74) is 9.36. The van der Waals surface area contributed by atoms with Crippen molar-refractivity contribution in [1.82, 2.24) is 4.98 Å². The molecule has 0 spiro atoms. The molecule has 1 aromatic carbocycles. The smallest absolute Gasteiger partial charge is 0.123 e. The van der Waals surface area contributed by atoms with Crippen molar-refractivity contribution in [3.05, 3.63) is 53.7 Å². The quantitative estimate of drug-likeness (QED) is 0.927. The van der Waals surface area contributed by atoms with Crippen molar-refractivity contribution in [2.45, 2.75) is 6.42 Å². The molecular weight excluding hydrogens is 250 g/mol. The summed E-state index contributed by atoms with van der Waals surface area (Å²) in [5.74, 6) is 0.566. The van der Waals surface area contributed by atoms with Gasteiger partial charge in [0.15, 0.2) is 0 Å². The van der Waals surface area contributed by atoms with Crippen LogP contribution >= 0.6 is 0 Å². The predicted octanol–water partition coefficient (Wildman–Crippen LogP) is 2.09. The Hall–Kier alpha value is -2.07. The molecule has 1 aliphatic rings. The number of rotatable bonds is 3. The average molecular weight is 269 g/mol. The Balaban J connectivity index is 1.75. The fourth-order valence-electron chi connectivity index (χ4n) is 2.46. The first-order chi connectivity index (χ1) is 9.81. The van der Waals surface area contributed by atoms with Gasteiger partial charge in [-0.05, 0) is 35.7 Å². The van der Waals surface area contributed by atoms with Crippen molar-refractivity contribution in [2.24, 2.45) is 0 Å². The summed E-state index contributed by atoms with van der Waals surface area (Å²) in [6.07, 6.45) is 2.72. The number of nitrogens with zero attached hydrogens (tertiary/aromatic N) is 2. The number of pyridine rings is 1. The van der Waals surface area contributed by atoms with Gasteiger partial charge in [0.05, 0.1) is 13.2 Å². The molecule has 0 amide bonds. The van der Waals surface area contributed by atoms with Gasteiger partial charge in [-0.1, -0.05) is 18.2 Å². The lowest BCUT2D eigenvalue weighted by Gasteiger charge is -2.29. The standard InChI is InChI=1S/C16H19N3O/c17-16-5-4-14(12-18-16)10-13-2-1-3-15(11-13)19-6-8-20-9-7-19/h1-5,11-12H,6-10H2,(H2,17,18). The van der Waals surface area contributed by atoms with E-state index >= 15 is 0 Å². The number of ether oxygens (including phenoxy) is 1. The summed E-state index contributed by atoms with van der Waals surface area (Å²) < 4.78 is 5.40. The van der Waals surface area contributed by atoms with E-state index in [0.29, 0.717) is 5.82 Å². The van der Waals surface area contributed by atoms with Crippen LogP contribution in [-0.4, -0.2) is 31.3 Å². The maximum Gasteiger partial charge on any atom is 0.123 e. The number of aromatic nitrogens is 1. The van der Waals surface area contributed by atoms with Gasteiger partial charge in [-0.3, -0.25) is 0 Å². The highest BCUT2D eigenvalue weighted by molar-refractivity contribution is 5.49. The number of nitrogen functional groups attached to an aromatic ring is 1. The van der Waals surface area contributed by atoms with E-state index in [1.165, 1.54) is 16.8 Å². The van der Waals surface area contributed by atoms with E-state index in [1.807, 2.05) is 18.3 Å². The minimum atomic E-state index is 0.566. The first-order valence-electron chi connectivity index (χ1n) is 6.93. The number of anilines is 2. The monoisotopic (exact) mass is 269 g/mol. The third-order valence-electron chi connectivity index (χ3n) is 3.54. The van der Waals surface area contributed by atoms with Crippen LogP contribution in [0.4, 0.5) is 11.5 Å². The van der Waals surface area contributed by atoms with Crippen molar-refractivity contribution in [1.29, 1.82) is 0 Å². The normalized spacial score (nSPS) is 15.3. The number of morpholine rings is 1. The topological polar surface area (TPSA) is 51.4 Å². The van der Waals surface area contributed by atoms with Gasteiger partial charge in [-0.2, -0.15) is 0 Å². The zero-order valence-electron chi connectivity index (χ0n) is 11.5. The Bertz CT molecular complexity index is 562. The third kappa shape index (κ3) is 3.08. The van der Waals surface area contributed by atoms with Crippen LogP contribution in [0, 0.1) is 0 Å². The molecule has 104 valence electrons. The van der Waals surface area contributed by atoms with E-state index in [0.717, 1.165) is 32.7 Å². The van der Waals surface area contributed by atoms with Crippen LogP contribution in [0.2, 0.25) is 0 Å². The lowest BCUT2D eigenvalue weighted by molar-refractivity contribution is 0.122. The van der Waals surface area contributed by atoms with Gasteiger partial charge in [0.1, 0.15) is 5.82 Å². The van der Waals surface area contributed by atoms with Gasteiger partial charge in [0, 0.05) is 25.0 Å². The first-order valence-corrected chi connectivity index (χ1v) is 6.93. The summed E-state index contributed by atoms with van der Waals surface area (Å²) in [7, 11) is 0. The van der Waals surface area contributed by atoms with Gasteiger partial charge in [0.25, 0.3) is 0 Å². The fraction of sp³-hybridized carbons (Fsp3) is 0.312. The van der Waals surface area contributed by atoms with Crippen LogP contribution in [0.5, 0.6) is 0 Å². The highest BCUT2D eigenvalue weighted by Crippen LogP contribution is 2.19. The zero-order chi connectivity index (χ0) is 13.8. The predicted molar refractivity (Wildman–Crippen MR) is 80.9 cm³/mol.